The Bertz CT molecular complexity index is 826. The molecule has 144 valence electrons. The van der Waals surface area contributed by atoms with E-state index in [2.05, 4.69) is 6.92 Å². The molecule has 5 heteroatoms. The van der Waals surface area contributed by atoms with Crippen molar-refractivity contribution in [3.05, 3.63) is 28.8 Å². The monoisotopic (exact) mass is 370 g/mol. The third kappa shape index (κ3) is 2.79. The molecule has 27 heavy (non-hydrogen) atoms. The van der Waals surface area contributed by atoms with Crippen molar-refractivity contribution in [1.82, 2.24) is 0 Å². The maximum absolute atomic E-state index is 12.5. The summed E-state index contributed by atoms with van der Waals surface area (Å²) in [5.41, 5.74) is 1.96. The van der Waals surface area contributed by atoms with Gasteiger partial charge in [0, 0.05) is 23.8 Å². The van der Waals surface area contributed by atoms with Crippen LogP contribution in [0.1, 0.15) is 79.8 Å². The summed E-state index contributed by atoms with van der Waals surface area (Å²) in [4.78, 5) is 36.0. The minimum absolute atomic E-state index is 0.169. The Morgan fingerprint density at radius 1 is 1.22 bits per heavy atom. The van der Waals surface area contributed by atoms with Gasteiger partial charge in [-0.05, 0) is 67.6 Å². The number of carbonyl (C=O) groups is 3. The van der Waals surface area contributed by atoms with Gasteiger partial charge in [0.05, 0.1) is 5.56 Å². The molecule has 0 amide bonds. The van der Waals surface area contributed by atoms with Crippen LogP contribution in [0.3, 0.4) is 0 Å². The highest BCUT2D eigenvalue weighted by molar-refractivity contribution is 5.89. The molecule has 1 aromatic carbocycles. The zero-order valence-corrected chi connectivity index (χ0v) is 15.9. The van der Waals surface area contributed by atoms with Gasteiger partial charge < -0.3 is 9.84 Å². The maximum Gasteiger partial charge on any atom is 0.335 e. The predicted octanol–water partition coefficient (Wildman–Crippen LogP) is 4.13. The first kappa shape index (κ1) is 18.2. The minimum atomic E-state index is -1.01. The number of hydrogen-bond donors (Lipinski definition) is 1. The highest BCUT2D eigenvalue weighted by Gasteiger charge is 2.55. The number of rotatable bonds is 3. The highest BCUT2D eigenvalue weighted by atomic mass is 16.5. The molecule has 2 fully saturated rings. The van der Waals surface area contributed by atoms with Crippen LogP contribution in [0.25, 0.3) is 0 Å². The molecule has 3 aliphatic rings. The van der Waals surface area contributed by atoms with E-state index >= 15 is 0 Å². The van der Waals surface area contributed by atoms with Crippen molar-refractivity contribution in [2.24, 2.45) is 17.3 Å². The van der Waals surface area contributed by atoms with E-state index in [9.17, 15) is 19.5 Å². The number of Topliss-reactive ketones (excluding diaryl/α,β-unsaturated/α-hetero) is 1. The smallest absolute Gasteiger partial charge is 0.335 e. The van der Waals surface area contributed by atoms with Gasteiger partial charge in [-0.15, -0.1) is 0 Å². The summed E-state index contributed by atoms with van der Waals surface area (Å²) in [6.07, 6.45) is 5.36. The van der Waals surface area contributed by atoms with Crippen molar-refractivity contribution in [1.29, 1.82) is 0 Å². The summed E-state index contributed by atoms with van der Waals surface area (Å²) >= 11 is 0. The number of ether oxygens (including phenoxy) is 1. The molecular weight excluding hydrogens is 344 g/mol. The van der Waals surface area contributed by atoms with Gasteiger partial charge in [-0.3, -0.25) is 9.59 Å². The molecule has 0 heterocycles. The fourth-order valence-electron chi connectivity index (χ4n) is 5.86. The molecule has 0 saturated heterocycles. The molecular formula is C22H26O5. The highest BCUT2D eigenvalue weighted by Crippen LogP contribution is 2.60. The number of esters is 1. The van der Waals surface area contributed by atoms with Gasteiger partial charge in [-0.2, -0.15) is 0 Å². The molecule has 1 N–H and O–H groups in total. The molecule has 0 spiro atoms. The van der Waals surface area contributed by atoms with Crippen molar-refractivity contribution >= 4 is 17.7 Å². The first-order valence-electron chi connectivity index (χ1n) is 9.99. The molecule has 1 aromatic rings. The van der Waals surface area contributed by atoms with Gasteiger partial charge in [-0.1, -0.05) is 13.8 Å². The van der Waals surface area contributed by atoms with Crippen LogP contribution in [0.15, 0.2) is 12.1 Å². The zero-order chi connectivity index (χ0) is 19.3. The Labute approximate surface area is 159 Å². The quantitative estimate of drug-likeness (QED) is 0.639. The minimum Gasteiger partial charge on any atom is -0.478 e. The Kier molecular flexibility index (Phi) is 4.36. The Morgan fingerprint density at radius 3 is 2.70 bits per heavy atom. The summed E-state index contributed by atoms with van der Waals surface area (Å²) in [5.74, 6) is 0.475. The lowest BCUT2D eigenvalue weighted by atomic mass is 9.55. The van der Waals surface area contributed by atoms with Crippen molar-refractivity contribution < 1.29 is 24.2 Å². The second-order valence-electron chi connectivity index (χ2n) is 8.51. The van der Waals surface area contributed by atoms with Crippen LogP contribution in [0.4, 0.5) is 0 Å². The maximum atomic E-state index is 12.5. The molecule has 0 bridgehead atoms. The SMILES string of the molecule is CCC(=O)Oc1cc(C(=O)O)cc2c1[C@H]1CC[C@]3(C)C(=O)CC[C@H]3[C@@H]1CC2. The molecule has 0 aromatic heterocycles. The molecule has 4 atom stereocenters. The molecule has 3 aliphatic carbocycles. The number of hydrogen-bond acceptors (Lipinski definition) is 4. The van der Waals surface area contributed by atoms with E-state index in [0.29, 0.717) is 29.8 Å². The van der Waals surface area contributed by atoms with Crippen molar-refractivity contribution in [3.8, 4) is 5.75 Å². The number of benzene rings is 1. The normalized spacial score (nSPS) is 31.6. The summed E-state index contributed by atoms with van der Waals surface area (Å²) in [7, 11) is 0. The number of carboxylic acid groups (broad SMARTS) is 1. The molecule has 0 aliphatic heterocycles. The van der Waals surface area contributed by atoms with Gasteiger partial charge in [-0.25, -0.2) is 4.79 Å². The molecule has 5 nitrogen and oxygen atoms in total. The summed E-state index contributed by atoms with van der Waals surface area (Å²) in [6.45, 7) is 3.86. The Balaban J connectivity index is 1.77. The van der Waals surface area contributed by atoms with Crippen LogP contribution >= 0.6 is 0 Å². The topological polar surface area (TPSA) is 80.7 Å². The average molecular weight is 370 g/mol. The molecule has 0 radical (unpaired) electrons. The summed E-state index contributed by atoms with van der Waals surface area (Å²) < 4.78 is 5.59. The predicted molar refractivity (Wildman–Crippen MR) is 99.0 cm³/mol. The van der Waals surface area contributed by atoms with Gasteiger partial charge in [0.2, 0.25) is 0 Å². The van der Waals surface area contributed by atoms with Crippen LogP contribution in [0.2, 0.25) is 0 Å². The number of aromatic carboxylic acids is 1. The van der Waals surface area contributed by atoms with E-state index in [-0.39, 0.29) is 29.3 Å². The van der Waals surface area contributed by atoms with Crippen LogP contribution in [-0.4, -0.2) is 22.8 Å². The van der Waals surface area contributed by atoms with E-state index in [1.54, 1.807) is 13.0 Å². The lowest BCUT2D eigenvalue weighted by Crippen LogP contribution is -2.42. The van der Waals surface area contributed by atoms with E-state index in [4.69, 9.17) is 4.74 Å². The third-order valence-corrected chi connectivity index (χ3v) is 7.25. The molecule has 2 saturated carbocycles. The number of aryl methyl sites for hydroxylation is 1. The number of carbonyl (C=O) groups excluding carboxylic acids is 2. The largest absolute Gasteiger partial charge is 0.478 e. The number of carboxylic acids is 1. The van der Waals surface area contributed by atoms with E-state index < -0.39 is 5.97 Å². The fourth-order valence-corrected chi connectivity index (χ4v) is 5.86. The Morgan fingerprint density at radius 2 is 2.00 bits per heavy atom. The average Bonchev–Trinajstić information content (AvgIpc) is 2.96. The van der Waals surface area contributed by atoms with Crippen LogP contribution in [0, 0.1) is 17.3 Å². The second kappa shape index (κ2) is 6.47. The fraction of sp³-hybridized carbons (Fsp3) is 0.591. The zero-order valence-electron chi connectivity index (χ0n) is 15.9. The van der Waals surface area contributed by atoms with E-state index in [0.717, 1.165) is 43.2 Å². The van der Waals surface area contributed by atoms with E-state index in [1.165, 1.54) is 6.07 Å². The second-order valence-corrected chi connectivity index (χ2v) is 8.51. The van der Waals surface area contributed by atoms with Gasteiger partial charge >= 0.3 is 11.9 Å². The lowest BCUT2D eigenvalue weighted by Gasteiger charge is -2.48. The third-order valence-electron chi connectivity index (χ3n) is 7.25. The van der Waals surface area contributed by atoms with Crippen molar-refractivity contribution in [3.63, 3.8) is 0 Å². The Hall–Kier alpha value is -2.17. The lowest BCUT2D eigenvalue weighted by molar-refractivity contribution is -0.134. The number of ketones is 1. The van der Waals surface area contributed by atoms with Crippen molar-refractivity contribution in [2.75, 3.05) is 0 Å². The van der Waals surface area contributed by atoms with Gasteiger partial charge in [0.1, 0.15) is 11.5 Å². The van der Waals surface area contributed by atoms with Gasteiger partial charge in [0.15, 0.2) is 0 Å². The first-order valence-corrected chi connectivity index (χ1v) is 9.99. The first-order chi connectivity index (χ1) is 12.8. The molecule has 4 rings (SSSR count). The van der Waals surface area contributed by atoms with Crippen LogP contribution in [0.5, 0.6) is 5.75 Å². The van der Waals surface area contributed by atoms with Crippen LogP contribution in [-0.2, 0) is 16.0 Å². The summed E-state index contributed by atoms with van der Waals surface area (Å²) in [5, 5.41) is 9.44. The van der Waals surface area contributed by atoms with Crippen molar-refractivity contribution in [2.45, 2.75) is 64.7 Å². The van der Waals surface area contributed by atoms with E-state index in [1.807, 2.05) is 0 Å². The molecule has 0 unspecified atom stereocenters. The number of fused-ring (bicyclic) bond motifs is 5. The van der Waals surface area contributed by atoms with Crippen LogP contribution < -0.4 is 4.74 Å². The standard InChI is InChI=1S/C22H26O5/c1-3-19(24)27-17-11-13(21(25)26)10-12-4-5-14-15(20(12)17)8-9-22(2)16(14)6-7-18(22)23/h10-11,14-16H,3-9H2,1-2H3,(H,25,26)/t14-,15+,16+,22+/m1/s1. The van der Waals surface area contributed by atoms with Gasteiger partial charge in [0.25, 0.3) is 0 Å². The summed E-state index contributed by atoms with van der Waals surface area (Å²) in [6, 6.07) is 3.25.